The van der Waals surface area contributed by atoms with E-state index >= 15 is 0 Å². The Kier molecular flexibility index (Phi) is 3.69. The highest BCUT2D eigenvalue weighted by Crippen LogP contribution is 2.07. The molecule has 0 aromatic heterocycles. The van der Waals surface area contributed by atoms with Gasteiger partial charge in [-0.1, -0.05) is 0 Å². The van der Waals surface area contributed by atoms with Crippen molar-refractivity contribution in [2.75, 3.05) is 26.7 Å². The van der Waals surface area contributed by atoms with Gasteiger partial charge in [0.15, 0.2) is 0 Å². The lowest BCUT2D eigenvalue weighted by molar-refractivity contribution is -0.127. The van der Waals surface area contributed by atoms with Crippen LogP contribution in [-0.2, 0) is 4.79 Å². The molecule has 0 spiro atoms. The summed E-state index contributed by atoms with van der Waals surface area (Å²) >= 11 is 0. The summed E-state index contributed by atoms with van der Waals surface area (Å²) in [4.78, 5) is 13.7. The fourth-order valence-electron chi connectivity index (χ4n) is 1.75. The quantitative estimate of drug-likeness (QED) is 0.604. The van der Waals surface area contributed by atoms with E-state index in [-0.39, 0.29) is 11.9 Å². The molecule has 1 saturated heterocycles. The van der Waals surface area contributed by atoms with Crippen LogP contribution in [-0.4, -0.2) is 49.6 Å². The van der Waals surface area contributed by atoms with Crippen LogP contribution in [0.2, 0.25) is 0 Å². The molecule has 0 bridgehead atoms. The van der Waals surface area contributed by atoms with Crippen LogP contribution < -0.4 is 10.6 Å². The van der Waals surface area contributed by atoms with Gasteiger partial charge < -0.3 is 10.6 Å². The smallest absolute Gasteiger partial charge is 0.238 e. The third-order valence-corrected chi connectivity index (χ3v) is 2.50. The lowest BCUT2D eigenvalue weighted by Gasteiger charge is -2.37. The molecule has 0 aromatic rings. The number of hydrogen-bond acceptors (Lipinski definition) is 3. The Labute approximate surface area is 79.7 Å². The van der Waals surface area contributed by atoms with Gasteiger partial charge in [0.2, 0.25) is 5.91 Å². The van der Waals surface area contributed by atoms with Gasteiger partial charge in [-0.05, 0) is 13.8 Å². The van der Waals surface area contributed by atoms with Gasteiger partial charge in [-0.25, -0.2) is 0 Å². The monoisotopic (exact) mass is 185 g/mol. The van der Waals surface area contributed by atoms with Crippen LogP contribution in [0.1, 0.15) is 13.8 Å². The van der Waals surface area contributed by atoms with E-state index < -0.39 is 0 Å². The molecule has 76 valence electrons. The minimum atomic E-state index is -0.00116. The summed E-state index contributed by atoms with van der Waals surface area (Å²) in [7, 11) is 1.69. The number of piperazine rings is 1. The summed E-state index contributed by atoms with van der Waals surface area (Å²) in [6, 6.07) is 0.433. The number of carbonyl (C=O) groups excluding carboxylic acids is 1. The summed E-state index contributed by atoms with van der Waals surface area (Å²) in [6.07, 6.45) is 0. The van der Waals surface area contributed by atoms with Gasteiger partial charge >= 0.3 is 0 Å². The number of likely N-dealkylation sites (N-methyl/N-ethyl adjacent to an activating group) is 1. The number of amides is 1. The Morgan fingerprint density at radius 3 is 2.85 bits per heavy atom. The lowest BCUT2D eigenvalue weighted by Crippen LogP contribution is -2.59. The first-order valence-corrected chi connectivity index (χ1v) is 4.85. The highest BCUT2D eigenvalue weighted by Gasteiger charge is 2.29. The minimum Gasteiger partial charge on any atom is -0.358 e. The van der Waals surface area contributed by atoms with Gasteiger partial charge in [0.1, 0.15) is 6.04 Å². The number of nitrogens with one attached hydrogen (secondary N) is 2. The molecule has 1 aliphatic heterocycles. The van der Waals surface area contributed by atoms with Crippen LogP contribution in [0.3, 0.4) is 0 Å². The minimum absolute atomic E-state index is 0.00116. The van der Waals surface area contributed by atoms with Crippen molar-refractivity contribution in [2.45, 2.75) is 25.9 Å². The number of carbonyl (C=O) groups is 1. The molecule has 1 heterocycles. The molecule has 1 amide bonds. The van der Waals surface area contributed by atoms with Crippen molar-refractivity contribution in [1.82, 2.24) is 15.5 Å². The molecule has 0 aliphatic carbocycles. The zero-order valence-electron chi connectivity index (χ0n) is 8.63. The highest BCUT2D eigenvalue weighted by molar-refractivity contribution is 5.81. The molecule has 2 N–H and O–H groups in total. The highest BCUT2D eigenvalue weighted by atomic mass is 16.2. The maximum Gasteiger partial charge on any atom is 0.238 e. The molecule has 1 atom stereocenters. The standard InChI is InChI=1S/C9H19N3O/c1-7(2)12-5-4-11-6-8(12)9(13)10-3/h7-8,11H,4-6H2,1-3H3,(H,10,13). The predicted molar refractivity (Wildman–Crippen MR) is 52.6 cm³/mol. The van der Waals surface area contributed by atoms with E-state index in [9.17, 15) is 4.79 Å². The molecule has 13 heavy (non-hydrogen) atoms. The van der Waals surface area contributed by atoms with E-state index in [1.54, 1.807) is 7.05 Å². The average molecular weight is 185 g/mol. The van der Waals surface area contributed by atoms with Crippen LogP contribution in [0.15, 0.2) is 0 Å². The Morgan fingerprint density at radius 1 is 1.62 bits per heavy atom. The molecule has 0 aromatic carbocycles. The second-order valence-electron chi connectivity index (χ2n) is 3.67. The van der Waals surface area contributed by atoms with E-state index in [0.717, 1.165) is 19.6 Å². The zero-order valence-corrected chi connectivity index (χ0v) is 8.63. The van der Waals surface area contributed by atoms with Crippen LogP contribution in [0, 0.1) is 0 Å². The van der Waals surface area contributed by atoms with Gasteiger partial charge in [-0.2, -0.15) is 0 Å². The molecule has 1 aliphatic rings. The first-order chi connectivity index (χ1) is 6.16. The van der Waals surface area contributed by atoms with Crippen LogP contribution in [0.5, 0.6) is 0 Å². The summed E-state index contributed by atoms with van der Waals surface area (Å²) < 4.78 is 0. The van der Waals surface area contributed by atoms with Crippen molar-refractivity contribution >= 4 is 5.91 Å². The molecular weight excluding hydrogens is 166 g/mol. The van der Waals surface area contributed by atoms with E-state index in [1.807, 2.05) is 0 Å². The van der Waals surface area contributed by atoms with Gasteiger partial charge in [0, 0.05) is 32.7 Å². The lowest BCUT2D eigenvalue weighted by atomic mass is 10.1. The van der Waals surface area contributed by atoms with Gasteiger partial charge in [-0.15, -0.1) is 0 Å². The molecule has 1 rings (SSSR count). The topological polar surface area (TPSA) is 44.4 Å². The van der Waals surface area contributed by atoms with Gasteiger partial charge in [-0.3, -0.25) is 9.69 Å². The first-order valence-electron chi connectivity index (χ1n) is 4.85. The molecule has 1 fully saturated rings. The van der Waals surface area contributed by atoms with Crippen LogP contribution in [0.4, 0.5) is 0 Å². The normalized spacial score (nSPS) is 24.8. The fourth-order valence-corrected chi connectivity index (χ4v) is 1.75. The van der Waals surface area contributed by atoms with E-state index in [2.05, 4.69) is 29.4 Å². The molecule has 0 saturated carbocycles. The predicted octanol–water partition coefficient (Wildman–Crippen LogP) is -0.585. The second kappa shape index (κ2) is 4.58. The zero-order chi connectivity index (χ0) is 9.84. The Bertz CT molecular complexity index is 182. The maximum atomic E-state index is 11.5. The summed E-state index contributed by atoms with van der Waals surface area (Å²) in [5, 5.41) is 5.93. The largest absolute Gasteiger partial charge is 0.358 e. The van der Waals surface area contributed by atoms with Crippen molar-refractivity contribution in [3.63, 3.8) is 0 Å². The third-order valence-electron chi connectivity index (χ3n) is 2.50. The van der Waals surface area contributed by atoms with Crippen molar-refractivity contribution in [2.24, 2.45) is 0 Å². The maximum absolute atomic E-state index is 11.5. The number of hydrogen-bond donors (Lipinski definition) is 2. The van der Waals surface area contributed by atoms with Gasteiger partial charge in [0.05, 0.1) is 0 Å². The molecule has 4 nitrogen and oxygen atoms in total. The van der Waals surface area contributed by atoms with Crippen molar-refractivity contribution < 1.29 is 4.79 Å². The first kappa shape index (κ1) is 10.5. The van der Waals surface area contributed by atoms with Crippen LogP contribution >= 0.6 is 0 Å². The summed E-state index contributed by atoms with van der Waals surface area (Å²) in [5.41, 5.74) is 0. The second-order valence-corrected chi connectivity index (χ2v) is 3.67. The molecule has 1 unspecified atom stereocenters. The fraction of sp³-hybridized carbons (Fsp3) is 0.889. The summed E-state index contributed by atoms with van der Waals surface area (Å²) in [5.74, 6) is 0.112. The Balaban J connectivity index is 2.61. The molecule has 0 radical (unpaired) electrons. The Hall–Kier alpha value is -0.610. The number of rotatable bonds is 2. The van der Waals surface area contributed by atoms with Gasteiger partial charge in [0.25, 0.3) is 0 Å². The Morgan fingerprint density at radius 2 is 2.31 bits per heavy atom. The summed E-state index contributed by atoms with van der Waals surface area (Å²) in [6.45, 7) is 6.95. The third kappa shape index (κ3) is 2.42. The van der Waals surface area contributed by atoms with E-state index in [1.165, 1.54) is 0 Å². The SMILES string of the molecule is CNC(=O)C1CNCCN1C(C)C. The molecule has 4 heteroatoms. The average Bonchev–Trinajstić information content (AvgIpc) is 2.16. The number of nitrogens with zero attached hydrogens (tertiary/aromatic N) is 1. The van der Waals surface area contributed by atoms with Crippen molar-refractivity contribution in [3.05, 3.63) is 0 Å². The van der Waals surface area contributed by atoms with Crippen molar-refractivity contribution in [3.8, 4) is 0 Å². The van der Waals surface area contributed by atoms with E-state index in [0.29, 0.717) is 6.04 Å². The molecular formula is C9H19N3O. The van der Waals surface area contributed by atoms with Crippen LogP contribution in [0.25, 0.3) is 0 Å². The van der Waals surface area contributed by atoms with Crippen molar-refractivity contribution in [1.29, 1.82) is 0 Å². The van der Waals surface area contributed by atoms with E-state index in [4.69, 9.17) is 0 Å².